The van der Waals surface area contributed by atoms with E-state index in [1.54, 1.807) is 24.3 Å². The average Bonchev–Trinajstić information content (AvgIpc) is 3.31. The highest BCUT2D eigenvalue weighted by Crippen LogP contribution is 2.30. The molecular formula is C50H49Cl5N8O8. The summed E-state index contributed by atoms with van der Waals surface area (Å²) < 4.78 is 11.3. The van der Waals surface area contributed by atoms with Crippen molar-refractivity contribution in [1.29, 1.82) is 0 Å². The van der Waals surface area contributed by atoms with E-state index >= 15 is 0 Å². The number of hydrogen-bond donors (Lipinski definition) is 4. The van der Waals surface area contributed by atoms with Gasteiger partial charge in [-0.25, -0.2) is 0 Å². The van der Waals surface area contributed by atoms with Crippen molar-refractivity contribution in [2.75, 3.05) is 52.1 Å². The van der Waals surface area contributed by atoms with Crippen LogP contribution in [0.5, 0.6) is 11.5 Å². The normalized spacial score (nSPS) is 12.0. The van der Waals surface area contributed by atoms with Gasteiger partial charge in [0, 0.05) is 52.5 Å². The fraction of sp³-hybridized carbons (Fsp3) is 0.280. The third-order valence-corrected chi connectivity index (χ3v) is 11.3. The molecule has 0 radical (unpaired) electrons. The maximum Gasteiger partial charge on any atom is 0.258 e. The first-order valence-corrected chi connectivity index (χ1v) is 24.4. The van der Waals surface area contributed by atoms with Crippen LogP contribution in [0.25, 0.3) is 0 Å². The van der Waals surface area contributed by atoms with Crippen LogP contribution in [0.2, 0.25) is 10.0 Å². The largest absolute Gasteiger partial charge is 0.494 e. The van der Waals surface area contributed by atoms with Crippen molar-refractivity contribution < 1.29 is 38.2 Å². The van der Waals surface area contributed by atoms with Gasteiger partial charge in [0.05, 0.1) is 45.8 Å². The van der Waals surface area contributed by atoms with Gasteiger partial charge >= 0.3 is 0 Å². The average molecular weight is 1070 g/mol. The van der Waals surface area contributed by atoms with Gasteiger partial charge in [-0.3, -0.25) is 28.8 Å². The zero-order valence-corrected chi connectivity index (χ0v) is 42.7. The number of hydrogen-bond acceptors (Lipinski definition) is 12. The minimum absolute atomic E-state index is 0.0548. The lowest BCUT2D eigenvalue weighted by atomic mass is 10.1. The Kier molecular flexibility index (Phi) is 21.3. The van der Waals surface area contributed by atoms with Crippen LogP contribution in [-0.2, 0) is 38.4 Å². The number of anilines is 4. The maximum atomic E-state index is 13.6. The van der Waals surface area contributed by atoms with Crippen molar-refractivity contribution >= 4 is 127 Å². The summed E-state index contributed by atoms with van der Waals surface area (Å²) in [6.45, 7) is 6.87. The second kappa shape index (κ2) is 27.2. The molecule has 0 fully saturated rings. The number of halogens is 5. The molecular weight excluding hydrogens is 1020 g/mol. The van der Waals surface area contributed by atoms with E-state index in [9.17, 15) is 28.8 Å². The monoisotopic (exact) mass is 1060 g/mol. The highest BCUT2D eigenvalue weighted by atomic mass is 35.5. The number of nitrogens with zero attached hydrogens (tertiary/aromatic N) is 4. The van der Waals surface area contributed by atoms with Gasteiger partial charge < -0.3 is 30.7 Å². The number of Topliss-reactive ketones (excluding diaryl/α,β-unsaturated/α-hetero) is 2. The van der Waals surface area contributed by atoms with E-state index < -0.39 is 47.3 Å². The Morgan fingerprint density at radius 2 is 0.972 bits per heavy atom. The number of benzene rings is 5. The summed E-state index contributed by atoms with van der Waals surface area (Å²) in [6, 6.07) is 20.4. The molecule has 0 saturated heterocycles. The molecule has 71 heavy (non-hydrogen) atoms. The number of ether oxygens (including phenoxy) is 2. The van der Waals surface area contributed by atoms with Crippen molar-refractivity contribution in [1.82, 2.24) is 0 Å². The van der Waals surface area contributed by atoms with Gasteiger partial charge in [-0.05, 0) is 143 Å². The second-order valence-electron chi connectivity index (χ2n) is 15.5. The van der Waals surface area contributed by atoms with Crippen molar-refractivity contribution in [2.24, 2.45) is 20.5 Å². The summed E-state index contributed by atoms with van der Waals surface area (Å²) in [5, 5.41) is 27.4. The first kappa shape index (κ1) is 55.5. The molecule has 4 amide bonds. The molecule has 0 aliphatic heterocycles. The second-order valence-corrected chi connectivity index (χ2v) is 17.4. The Bertz CT molecular complexity index is 2800. The SMILES string of the molecule is CCOc1cc(CCCl)cc(NC(=O)c2cc(N=NC(C(C)=O)C(=O)Nc3ccc(NC(=O)C(N=Nc4ccc(Cl)c(C(=O)Nc5cc(CCCl)cc(OCC)c5)c4)C(C)=O)c(CCCl)c3)ccc2Cl)c1. The minimum atomic E-state index is -1.60. The van der Waals surface area contributed by atoms with Gasteiger partial charge in [0.15, 0.2) is 11.6 Å². The number of amides is 4. The van der Waals surface area contributed by atoms with Crippen LogP contribution in [0.15, 0.2) is 111 Å². The van der Waals surface area contributed by atoms with E-state index in [4.69, 9.17) is 67.5 Å². The highest BCUT2D eigenvalue weighted by Gasteiger charge is 2.26. The fourth-order valence-electron chi connectivity index (χ4n) is 6.77. The van der Waals surface area contributed by atoms with Crippen LogP contribution in [-0.4, -0.2) is 78.1 Å². The number of rotatable bonds is 24. The highest BCUT2D eigenvalue weighted by molar-refractivity contribution is 6.35. The number of aryl methyl sites for hydroxylation is 3. The van der Waals surface area contributed by atoms with Crippen LogP contribution >= 0.6 is 58.0 Å². The molecule has 372 valence electrons. The molecule has 0 saturated carbocycles. The van der Waals surface area contributed by atoms with Gasteiger partial charge in [0.1, 0.15) is 11.5 Å². The van der Waals surface area contributed by atoms with Crippen LogP contribution in [0.3, 0.4) is 0 Å². The molecule has 0 spiro atoms. The lowest BCUT2D eigenvalue weighted by molar-refractivity contribution is -0.127. The lowest BCUT2D eigenvalue weighted by Crippen LogP contribution is -2.32. The molecule has 5 aromatic carbocycles. The molecule has 2 unspecified atom stereocenters. The van der Waals surface area contributed by atoms with Crippen molar-refractivity contribution in [3.63, 3.8) is 0 Å². The molecule has 4 N–H and O–H groups in total. The number of azo groups is 2. The number of ketones is 2. The fourth-order valence-corrected chi connectivity index (χ4v) is 7.81. The summed E-state index contributed by atoms with van der Waals surface area (Å²) in [5.74, 6) is -2.07. The predicted molar refractivity (Wildman–Crippen MR) is 279 cm³/mol. The molecule has 5 rings (SSSR count). The van der Waals surface area contributed by atoms with E-state index in [-0.39, 0.29) is 56.2 Å². The molecule has 0 aliphatic carbocycles. The topological polar surface area (TPSA) is 218 Å². The third kappa shape index (κ3) is 16.3. The summed E-state index contributed by atoms with van der Waals surface area (Å²) in [5.41, 5.74) is 3.95. The Morgan fingerprint density at radius 1 is 0.521 bits per heavy atom. The van der Waals surface area contributed by atoms with Crippen molar-refractivity contribution in [2.45, 2.75) is 59.0 Å². The first-order chi connectivity index (χ1) is 34.0. The smallest absolute Gasteiger partial charge is 0.258 e. The van der Waals surface area contributed by atoms with Crippen LogP contribution in [0.4, 0.5) is 34.1 Å². The Hall–Kier alpha value is -6.43. The van der Waals surface area contributed by atoms with Gasteiger partial charge in [-0.1, -0.05) is 23.2 Å². The van der Waals surface area contributed by atoms with E-state index in [1.807, 2.05) is 26.0 Å². The third-order valence-electron chi connectivity index (χ3n) is 10.1. The van der Waals surface area contributed by atoms with E-state index in [2.05, 4.69) is 41.7 Å². The van der Waals surface area contributed by atoms with Crippen molar-refractivity contribution in [3.05, 3.63) is 129 Å². The molecule has 0 aromatic heterocycles. The summed E-state index contributed by atoms with van der Waals surface area (Å²) in [7, 11) is 0. The molecule has 21 heteroatoms. The van der Waals surface area contributed by atoms with Gasteiger partial charge in [-0.15, -0.1) is 34.8 Å². The van der Waals surface area contributed by atoms with Gasteiger partial charge in [0.25, 0.3) is 23.6 Å². The summed E-state index contributed by atoms with van der Waals surface area (Å²) in [4.78, 5) is 79.3. The Balaban J connectivity index is 1.27. The molecule has 0 aliphatic rings. The number of carbonyl (C=O) groups excluding carboxylic acids is 6. The Morgan fingerprint density at radius 3 is 1.39 bits per heavy atom. The number of alkyl halides is 3. The standard InChI is InChI=1S/C50H49Cl5N8O8/c1-5-70-38-21-30(13-16-51)19-36(24-38)57-47(66)40-26-34(7-10-42(40)54)60-62-45(28(3)64)49(68)56-33-9-12-44(32(23-33)15-18-53)59-50(69)46(29(4)65)63-61-35-8-11-43(55)41(27-35)48(67)58-37-20-31(14-17-52)22-39(25-37)71-6-2/h7-12,19-27,45-46H,5-6,13-18H2,1-4H3,(H,56,68)(H,57,66)(H,58,67)(H,59,69). The van der Waals surface area contributed by atoms with E-state index in [1.165, 1.54) is 68.4 Å². The predicted octanol–water partition coefficient (Wildman–Crippen LogP) is 12.0. The molecule has 16 nitrogen and oxygen atoms in total. The quantitative estimate of drug-likeness (QED) is 0.0264. The number of carbonyl (C=O) groups is 6. The zero-order valence-electron chi connectivity index (χ0n) is 38.9. The summed E-state index contributed by atoms with van der Waals surface area (Å²) >= 11 is 30.8. The maximum absolute atomic E-state index is 13.6. The van der Waals surface area contributed by atoms with Gasteiger partial charge in [0.2, 0.25) is 12.1 Å². The Labute approximate surface area is 435 Å². The number of nitrogens with one attached hydrogen (secondary N) is 4. The van der Waals surface area contributed by atoms with E-state index in [0.717, 1.165) is 11.1 Å². The molecule has 5 aromatic rings. The van der Waals surface area contributed by atoms with Crippen molar-refractivity contribution in [3.8, 4) is 11.5 Å². The minimum Gasteiger partial charge on any atom is -0.494 e. The molecule has 0 bridgehead atoms. The van der Waals surface area contributed by atoms with E-state index in [0.29, 0.717) is 66.3 Å². The van der Waals surface area contributed by atoms with Crippen LogP contribution in [0, 0.1) is 0 Å². The first-order valence-electron chi connectivity index (χ1n) is 22.1. The zero-order chi connectivity index (χ0) is 51.6. The van der Waals surface area contributed by atoms with Crippen LogP contribution < -0.4 is 30.7 Å². The lowest BCUT2D eigenvalue weighted by Gasteiger charge is -2.15. The van der Waals surface area contributed by atoms with Crippen LogP contribution in [0.1, 0.15) is 65.1 Å². The molecule has 2 atom stereocenters. The summed E-state index contributed by atoms with van der Waals surface area (Å²) in [6.07, 6.45) is 1.31. The molecule has 0 heterocycles. The van der Waals surface area contributed by atoms with Gasteiger partial charge in [-0.2, -0.15) is 20.5 Å².